The Hall–Kier alpha value is -2.19. The summed E-state index contributed by atoms with van der Waals surface area (Å²) in [5, 5.41) is 1.19. The fourth-order valence-electron chi connectivity index (χ4n) is 2.94. The first-order chi connectivity index (χ1) is 11.7. The number of aryl methyl sites for hydroxylation is 1. The van der Waals surface area contributed by atoms with Crippen molar-refractivity contribution in [2.24, 2.45) is 0 Å². The highest BCUT2D eigenvalue weighted by Crippen LogP contribution is 2.26. The predicted octanol–water partition coefficient (Wildman–Crippen LogP) is 5.20. The van der Waals surface area contributed by atoms with Crippen molar-refractivity contribution in [3.63, 3.8) is 0 Å². The molecule has 0 aliphatic rings. The Morgan fingerprint density at radius 3 is 2.54 bits per heavy atom. The molecule has 1 aromatic heterocycles. The van der Waals surface area contributed by atoms with Crippen molar-refractivity contribution in [2.75, 3.05) is 5.88 Å². The Kier molecular flexibility index (Phi) is 5.27. The summed E-state index contributed by atoms with van der Waals surface area (Å²) < 4.78 is 0. The molecule has 0 aliphatic heterocycles. The van der Waals surface area contributed by atoms with Gasteiger partial charge in [0.05, 0.1) is 11.2 Å². The summed E-state index contributed by atoms with van der Waals surface area (Å²) in [7, 11) is 0. The van der Waals surface area contributed by atoms with Crippen LogP contribution in [0.15, 0.2) is 54.6 Å². The van der Waals surface area contributed by atoms with Crippen molar-refractivity contribution in [1.82, 2.24) is 4.98 Å². The summed E-state index contributed by atoms with van der Waals surface area (Å²) in [6.07, 6.45) is 2.38. The second-order valence-electron chi connectivity index (χ2n) is 6.05. The lowest BCUT2D eigenvalue weighted by Crippen LogP contribution is -1.96. The van der Waals surface area contributed by atoms with Gasteiger partial charge in [-0.25, -0.2) is 4.98 Å². The zero-order chi connectivity index (χ0) is 16.9. The molecule has 3 rings (SSSR count). The lowest BCUT2D eigenvalue weighted by molar-refractivity contribution is -0.116. The van der Waals surface area contributed by atoms with Crippen LogP contribution < -0.4 is 0 Å². The normalized spacial score (nSPS) is 10.9. The van der Waals surface area contributed by atoms with Crippen molar-refractivity contribution < 1.29 is 4.79 Å². The lowest BCUT2D eigenvalue weighted by Gasteiger charge is -2.10. The predicted molar refractivity (Wildman–Crippen MR) is 101 cm³/mol. The van der Waals surface area contributed by atoms with Crippen molar-refractivity contribution in [3.05, 3.63) is 65.7 Å². The molecule has 0 fully saturated rings. The van der Waals surface area contributed by atoms with E-state index < -0.39 is 0 Å². The number of Topliss-reactive ketones (excluding diaryl/α,β-unsaturated/α-hetero) is 1. The fraction of sp³-hybridized carbons (Fsp3) is 0.238. The van der Waals surface area contributed by atoms with Gasteiger partial charge in [0.15, 0.2) is 0 Å². The van der Waals surface area contributed by atoms with Crippen molar-refractivity contribution in [2.45, 2.75) is 26.2 Å². The molecule has 0 bridgehead atoms. The van der Waals surface area contributed by atoms with Gasteiger partial charge in [-0.05, 0) is 43.0 Å². The number of para-hydroxylation sites is 1. The lowest BCUT2D eigenvalue weighted by atomic mass is 10.00. The molecule has 0 N–H and O–H groups in total. The molecule has 0 aliphatic carbocycles. The Morgan fingerprint density at radius 2 is 1.83 bits per heavy atom. The van der Waals surface area contributed by atoms with Gasteiger partial charge in [-0.2, -0.15) is 0 Å². The molecule has 24 heavy (non-hydrogen) atoms. The molecular formula is C21H20ClNO. The van der Waals surface area contributed by atoms with E-state index in [1.54, 1.807) is 6.92 Å². The van der Waals surface area contributed by atoms with Gasteiger partial charge in [0, 0.05) is 23.3 Å². The van der Waals surface area contributed by atoms with Gasteiger partial charge in [0.25, 0.3) is 0 Å². The standard InChI is InChI=1S/C21H20ClNO/c1-15(24)13-16-8-10-17(11-9-16)21-14-18(5-4-12-22)19-6-2-3-7-20(19)23-21/h2-3,6-11,14H,4-5,12-13H2,1H3. The number of aromatic nitrogens is 1. The number of hydrogen-bond acceptors (Lipinski definition) is 2. The van der Waals surface area contributed by atoms with Crippen LogP contribution in [0.5, 0.6) is 0 Å². The first-order valence-corrected chi connectivity index (χ1v) is 8.74. The zero-order valence-electron chi connectivity index (χ0n) is 13.8. The van der Waals surface area contributed by atoms with E-state index in [0.717, 1.165) is 35.2 Å². The molecule has 3 aromatic rings. The minimum absolute atomic E-state index is 0.176. The van der Waals surface area contributed by atoms with E-state index in [0.29, 0.717) is 12.3 Å². The first-order valence-electron chi connectivity index (χ1n) is 8.21. The molecule has 0 unspecified atom stereocenters. The second-order valence-corrected chi connectivity index (χ2v) is 6.43. The number of rotatable bonds is 6. The van der Waals surface area contributed by atoms with E-state index in [9.17, 15) is 4.79 Å². The van der Waals surface area contributed by atoms with Crippen LogP contribution in [0.1, 0.15) is 24.5 Å². The number of pyridine rings is 1. The van der Waals surface area contributed by atoms with Gasteiger partial charge in [-0.1, -0.05) is 42.5 Å². The maximum atomic E-state index is 11.2. The molecule has 0 saturated carbocycles. The van der Waals surface area contributed by atoms with Gasteiger partial charge in [-0.15, -0.1) is 11.6 Å². The highest BCUT2D eigenvalue weighted by atomic mass is 35.5. The summed E-state index contributed by atoms with van der Waals surface area (Å²) in [4.78, 5) is 16.0. The van der Waals surface area contributed by atoms with Crippen molar-refractivity contribution in [3.8, 4) is 11.3 Å². The van der Waals surface area contributed by atoms with Gasteiger partial charge < -0.3 is 0 Å². The van der Waals surface area contributed by atoms with Gasteiger partial charge >= 0.3 is 0 Å². The van der Waals surface area contributed by atoms with Crippen LogP contribution in [0.4, 0.5) is 0 Å². The molecular weight excluding hydrogens is 318 g/mol. The van der Waals surface area contributed by atoms with Crippen LogP contribution in [0, 0.1) is 0 Å². The van der Waals surface area contributed by atoms with E-state index >= 15 is 0 Å². The SMILES string of the molecule is CC(=O)Cc1ccc(-c2cc(CCCCl)c3ccccc3n2)cc1. The summed E-state index contributed by atoms with van der Waals surface area (Å²) in [6.45, 7) is 1.61. The van der Waals surface area contributed by atoms with Crippen molar-refractivity contribution >= 4 is 28.3 Å². The molecule has 0 saturated heterocycles. The smallest absolute Gasteiger partial charge is 0.134 e. The average molecular weight is 338 g/mol. The maximum Gasteiger partial charge on any atom is 0.134 e. The monoisotopic (exact) mass is 337 g/mol. The Labute approximate surface area is 147 Å². The van der Waals surface area contributed by atoms with Gasteiger partial charge in [0.1, 0.15) is 5.78 Å². The largest absolute Gasteiger partial charge is 0.300 e. The summed E-state index contributed by atoms with van der Waals surface area (Å²) in [6, 6.07) is 18.5. The van der Waals surface area contributed by atoms with E-state index in [1.807, 2.05) is 42.5 Å². The van der Waals surface area contributed by atoms with Crippen LogP contribution in [0.25, 0.3) is 22.2 Å². The van der Waals surface area contributed by atoms with Gasteiger partial charge in [0.2, 0.25) is 0 Å². The Balaban J connectivity index is 2.00. The van der Waals surface area contributed by atoms with Crippen molar-refractivity contribution in [1.29, 1.82) is 0 Å². The van der Waals surface area contributed by atoms with Crippen LogP contribution in [-0.4, -0.2) is 16.6 Å². The van der Waals surface area contributed by atoms with Crippen LogP contribution in [0.2, 0.25) is 0 Å². The zero-order valence-corrected chi connectivity index (χ0v) is 14.5. The van der Waals surface area contributed by atoms with Crippen LogP contribution in [0.3, 0.4) is 0 Å². The quantitative estimate of drug-likeness (QED) is 0.578. The minimum atomic E-state index is 0.176. The third-order valence-corrected chi connectivity index (χ3v) is 4.35. The molecule has 0 radical (unpaired) electrons. The maximum absolute atomic E-state index is 11.2. The number of benzene rings is 2. The number of ketones is 1. The molecule has 122 valence electrons. The highest BCUT2D eigenvalue weighted by Gasteiger charge is 2.08. The van der Waals surface area contributed by atoms with Gasteiger partial charge in [-0.3, -0.25) is 4.79 Å². The van der Waals surface area contributed by atoms with E-state index in [4.69, 9.17) is 16.6 Å². The molecule has 1 heterocycles. The molecule has 2 aromatic carbocycles. The first kappa shape index (κ1) is 16.7. The second kappa shape index (κ2) is 7.59. The Morgan fingerprint density at radius 1 is 1.08 bits per heavy atom. The summed E-state index contributed by atoms with van der Waals surface area (Å²) in [5.41, 5.74) is 5.36. The number of carbonyl (C=O) groups excluding carboxylic acids is 1. The summed E-state index contributed by atoms with van der Waals surface area (Å²) >= 11 is 5.88. The number of nitrogens with zero attached hydrogens (tertiary/aromatic N) is 1. The van der Waals surface area contributed by atoms with Crippen LogP contribution >= 0.6 is 11.6 Å². The van der Waals surface area contributed by atoms with Crippen LogP contribution in [-0.2, 0) is 17.6 Å². The molecule has 0 atom stereocenters. The number of halogens is 1. The topological polar surface area (TPSA) is 30.0 Å². The van der Waals surface area contributed by atoms with E-state index in [1.165, 1.54) is 10.9 Å². The third kappa shape index (κ3) is 3.82. The average Bonchev–Trinajstić information content (AvgIpc) is 2.59. The minimum Gasteiger partial charge on any atom is -0.300 e. The molecule has 2 nitrogen and oxygen atoms in total. The van der Waals surface area contributed by atoms with E-state index in [2.05, 4.69) is 12.1 Å². The number of fused-ring (bicyclic) bond motifs is 1. The number of alkyl halides is 1. The Bertz CT molecular complexity index is 855. The highest BCUT2D eigenvalue weighted by molar-refractivity contribution is 6.17. The molecule has 3 heteroatoms. The van der Waals surface area contributed by atoms with E-state index in [-0.39, 0.29) is 5.78 Å². The molecule has 0 spiro atoms. The molecule has 0 amide bonds. The summed E-state index contributed by atoms with van der Waals surface area (Å²) in [5.74, 6) is 0.834. The number of carbonyl (C=O) groups is 1. The third-order valence-electron chi connectivity index (χ3n) is 4.08. The number of hydrogen-bond donors (Lipinski definition) is 0. The fourth-order valence-corrected chi connectivity index (χ4v) is 3.07.